The number of carboxylic acids is 1. The van der Waals surface area contributed by atoms with Gasteiger partial charge >= 0.3 is 5.97 Å². The number of hydrogen-bond acceptors (Lipinski definition) is 3. The lowest BCUT2D eigenvalue weighted by atomic mass is 10.1. The Kier molecular flexibility index (Phi) is 2.28. The molecule has 0 spiro atoms. The van der Waals surface area contributed by atoms with Crippen LogP contribution in [0.2, 0.25) is 0 Å². The molecule has 20 heavy (non-hydrogen) atoms. The Labute approximate surface area is 118 Å². The van der Waals surface area contributed by atoms with Gasteiger partial charge in [-0.25, -0.2) is 9.78 Å². The summed E-state index contributed by atoms with van der Waals surface area (Å²) in [5.41, 5.74) is 1.86. The van der Waals surface area contributed by atoms with Crippen LogP contribution in [0.15, 0.2) is 48.5 Å². The van der Waals surface area contributed by atoms with Crippen LogP contribution in [-0.2, 0) is 0 Å². The predicted octanol–water partition coefficient (Wildman–Crippen LogP) is 4.30. The highest BCUT2D eigenvalue weighted by Crippen LogP contribution is 2.37. The van der Waals surface area contributed by atoms with E-state index < -0.39 is 5.97 Å². The Bertz CT molecular complexity index is 988. The molecule has 4 aromatic rings. The van der Waals surface area contributed by atoms with Crippen molar-refractivity contribution in [2.45, 2.75) is 0 Å². The van der Waals surface area contributed by atoms with Gasteiger partial charge in [-0.1, -0.05) is 36.4 Å². The average Bonchev–Trinajstić information content (AvgIpc) is 2.82. The summed E-state index contributed by atoms with van der Waals surface area (Å²) in [6, 6.07) is 15.3. The summed E-state index contributed by atoms with van der Waals surface area (Å²) in [7, 11) is 0. The van der Waals surface area contributed by atoms with Gasteiger partial charge in [0.2, 0.25) is 0 Å². The number of aromatic carboxylic acids is 1. The summed E-state index contributed by atoms with van der Waals surface area (Å²) >= 11 is 1.49. The van der Waals surface area contributed by atoms with Crippen molar-refractivity contribution < 1.29 is 9.90 Å². The van der Waals surface area contributed by atoms with Crippen molar-refractivity contribution in [2.75, 3.05) is 0 Å². The van der Waals surface area contributed by atoms with E-state index in [1.165, 1.54) is 11.3 Å². The number of para-hydroxylation sites is 1. The Hall–Kier alpha value is -2.46. The molecule has 0 aliphatic carbocycles. The van der Waals surface area contributed by atoms with E-state index in [9.17, 15) is 9.90 Å². The lowest BCUT2D eigenvalue weighted by Crippen LogP contribution is -1.99. The van der Waals surface area contributed by atoms with Crippen molar-refractivity contribution in [2.24, 2.45) is 0 Å². The molecule has 0 radical (unpaired) electrons. The molecule has 0 atom stereocenters. The molecular weight excluding hydrogens is 270 g/mol. The van der Waals surface area contributed by atoms with Crippen LogP contribution in [-0.4, -0.2) is 16.1 Å². The fourth-order valence-corrected chi connectivity index (χ4v) is 3.74. The Morgan fingerprint density at radius 1 is 1.00 bits per heavy atom. The first-order valence-electron chi connectivity index (χ1n) is 6.19. The second-order valence-corrected chi connectivity index (χ2v) is 5.64. The zero-order valence-electron chi connectivity index (χ0n) is 10.3. The van der Waals surface area contributed by atoms with Gasteiger partial charge in [0.15, 0.2) is 0 Å². The number of fused-ring (bicyclic) bond motifs is 4. The third-order valence-electron chi connectivity index (χ3n) is 3.42. The molecule has 96 valence electrons. The van der Waals surface area contributed by atoms with Gasteiger partial charge in [-0.15, -0.1) is 11.3 Å². The first-order valence-corrected chi connectivity index (χ1v) is 7.00. The summed E-state index contributed by atoms with van der Waals surface area (Å²) in [4.78, 5) is 16.3. The Balaban J connectivity index is 2.34. The molecule has 3 nitrogen and oxygen atoms in total. The van der Waals surface area contributed by atoms with Gasteiger partial charge in [0.1, 0.15) is 0 Å². The van der Waals surface area contributed by atoms with E-state index in [0.717, 1.165) is 25.8 Å². The number of aromatic nitrogens is 1. The fraction of sp³-hybridized carbons (Fsp3) is 0. The third-order valence-corrected chi connectivity index (χ3v) is 4.59. The van der Waals surface area contributed by atoms with E-state index >= 15 is 0 Å². The van der Waals surface area contributed by atoms with Crippen molar-refractivity contribution >= 4 is 48.5 Å². The number of rotatable bonds is 1. The van der Waals surface area contributed by atoms with E-state index in [0.29, 0.717) is 10.9 Å². The lowest BCUT2D eigenvalue weighted by molar-refractivity contribution is 0.0701. The smallest absolute Gasteiger partial charge is 0.337 e. The molecule has 0 fully saturated rings. The minimum absolute atomic E-state index is 0.354. The molecule has 0 saturated heterocycles. The molecule has 4 rings (SSSR count). The van der Waals surface area contributed by atoms with Gasteiger partial charge in [0.25, 0.3) is 0 Å². The molecule has 0 saturated carbocycles. The number of nitrogens with zero attached hydrogens (tertiary/aromatic N) is 1. The minimum atomic E-state index is -0.903. The van der Waals surface area contributed by atoms with Crippen molar-refractivity contribution in [3.05, 3.63) is 54.1 Å². The summed E-state index contributed by atoms with van der Waals surface area (Å²) in [6.45, 7) is 0. The van der Waals surface area contributed by atoms with Gasteiger partial charge < -0.3 is 5.11 Å². The number of carbonyl (C=O) groups is 1. The molecule has 0 amide bonds. The minimum Gasteiger partial charge on any atom is -0.478 e. The standard InChI is InChI=1S/C16H9NO2S/c18-16(19)13-9-5-1-3-7-11(9)17-14-10-6-2-4-8-12(10)20-15(13)14/h1-8H,(H,18,19). The van der Waals surface area contributed by atoms with Crippen LogP contribution in [0.1, 0.15) is 10.4 Å². The Morgan fingerprint density at radius 3 is 2.50 bits per heavy atom. The first-order chi connectivity index (χ1) is 9.75. The maximum absolute atomic E-state index is 11.7. The largest absolute Gasteiger partial charge is 0.478 e. The van der Waals surface area contributed by atoms with Gasteiger partial charge in [-0.05, 0) is 12.1 Å². The zero-order chi connectivity index (χ0) is 13.7. The third kappa shape index (κ3) is 1.45. The highest BCUT2D eigenvalue weighted by Gasteiger charge is 2.18. The molecule has 0 unspecified atom stereocenters. The summed E-state index contributed by atoms with van der Waals surface area (Å²) in [6.07, 6.45) is 0. The van der Waals surface area contributed by atoms with Gasteiger partial charge in [0, 0.05) is 15.5 Å². The summed E-state index contributed by atoms with van der Waals surface area (Å²) in [5, 5.41) is 11.3. The van der Waals surface area contributed by atoms with Crippen LogP contribution >= 0.6 is 11.3 Å². The van der Waals surface area contributed by atoms with Crippen molar-refractivity contribution in [1.29, 1.82) is 0 Å². The maximum atomic E-state index is 11.7. The SMILES string of the molecule is O=C(O)c1c2ccccc2nc2c1sc1ccccc12. The number of thiophene rings is 1. The van der Waals surface area contributed by atoms with E-state index in [4.69, 9.17) is 0 Å². The van der Waals surface area contributed by atoms with Crippen LogP contribution in [0, 0.1) is 0 Å². The lowest BCUT2D eigenvalue weighted by Gasteiger charge is -2.03. The van der Waals surface area contributed by atoms with Gasteiger partial charge in [0.05, 0.1) is 21.3 Å². The molecule has 4 heteroatoms. The normalized spacial score (nSPS) is 11.4. The first kappa shape index (κ1) is 11.4. The van der Waals surface area contributed by atoms with Crippen LogP contribution in [0.5, 0.6) is 0 Å². The highest BCUT2D eigenvalue weighted by atomic mass is 32.1. The molecule has 2 aromatic carbocycles. The second kappa shape index (κ2) is 4.02. The number of benzene rings is 2. The molecular formula is C16H9NO2S. The molecule has 0 bridgehead atoms. The topological polar surface area (TPSA) is 50.2 Å². The van der Waals surface area contributed by atoms with Crippen molar-refractivity contribution in [3.63, 3.8) is 0 Å². The molecule has 1 N–H and O–H groups in total. The maximum Gasteiger partial charge on any atom is 0.337 e. The van der Waals surface area contributed by atoms with Crippen molar-refractivity contribution in [3.8, 4) is 0 Å². The van der Waals surface area contributed by atoms with Crippen LogP contribution in [0.3, 0.4) is 0 Å². The average molecular weight is 279 g/mol. The van der Waals surface area contributed by atoms with Gasteiger partial charge in [-0.2, -0.15) is 0 Å². The molecule has 2 aromatic heterocycles. The van der Waals surface area contributed by atoms with Crippen LogP contribution in [0.25, 0.3) is 31.2 Å². The zero-order valence-corrected chi connectivity index (χ0v) is 11.1. The number of pyridine rings is 1. The molecule has 0 aliphatic rings. The van der Waals surface area contributed by atoms with E-state index in [2.05, 4.69) is 4.98 Å². The van der Waals surface area contributed by atoms with Gasteiger partial charge in [-0.3, -0.25) is 0 Å². The van der Waals surface area contributed by atoms with E-state index in [1.807, 2.05) is 48.5 Å². The summed E-state index contributed by atoms with van der Waals surface area (Å²) < 4.78 is 1.81. The fourth-order valence-electron chi connectivity index (χ4n) is 2.55. The summed E-state index contributed by atoms with van der Waals surface area (Å²) in [5.74, 6) is -0.903. The Morgan fingerprint density at radius 2 is 1.70 bits per heavy atom. The monoisotopic (exact) mass is 279 g/mol. The molecule has 2 heterocycles. The van der Waals surface area contributed by atoms with E-state index in [-0.39, 0.29) is 0 Å². The predicted molar refractivity (Wildman–Crippen MR) is 81.6 cm³/mol. The highest BCUT2D eigenvalue weighted by molar-refractivity contribution is 7.26. The number of hydrogen-bond donors (Lipinski definition) is 1. The van der Waals surface area contributed by atoms with E-state index in [1.54, 1.807) is 0 Å². The van der Waals surface area contributed by atoms with Crippen LogP contribution < -0.4 is 0 Å². The second-order valence-electron chi connectivity index (χ2n) is 4.59. The molecule has 0 aliphatic heterocycles. The quantitative estimate of drug-likeness (QED) is 0.565. The van der Waals surface area contributed by atoms with Crippen molar-refractivity contribution in [1.82, 2.24) is 4.98 Å². The number of carboxylic acid groups (broad SMARTS) is 1. The van der Waals surface area contributed by atoms with Crippen LogP contribution in [0.4, 0.5) is 0 Å².